The molecule has 2 aromatic rings. The number of carbonyl (C=O) groups is 3. The maximum Gasteiger partial charge on any atom is 0.271 e. The van der Waals surface area contributed by atoms with E-state index < -0.39 is 34.1 Å². The Kier molecular flexibility index (Phi) is 4.46. The highest BCUT2D eigenvalue weighted by atomic mass is 16.6. The molecule has 2 aromatic carbocycles. The van der Waals surface area contributed by atoms with Crippen LogP contribution in [0, 0.1) is 22.0 Å². The number of nitrogens with one attached hydrogen (secondary N) is 1. The van der Waals surface area contributed by atoms with Crippen molar-refractivity contribution in [3.8, 4) is 11.5 Å². The Bertz CT molecular complexity index is 1330. The lowest BCUT2D eigenvalue weighted by Gasteiger charge is -2.36. The van der Waals surface area contributed by atoms with Crippen LogP contribution in [-0.4, -0.2) is 54.4 Å². The van der Waals surface area contributed by atoms with E-state index in [4.69, 9.17) is 9.47 Å². The zero-order chi connectivity index (χ0) is 24.6. The molecule has 35 heavy (non-hydrogen) atoms. The molecule has 4 heterocycles. The van der Waals surface area contributed by atoms with Crippen LogP contribution in [0.15, 0.2) is 36.4 Å². The fourth-order valence-corrected chi connectivity index (χ4v) is 6.51. The summed E-state index contributed by atoms with van der Waals surface area (Å²) in [5, 5.41) is 14.3. The van der Waals surface area contributed by atoms with E-state index in [-0.39, 0.29) is 29.1 Å². The lowest BCUT2D eigenvalue weighted by molar-refractivity contribution is -0.384. The molecule has 11 nitrogen and oxygen atoms in total. The van der Waals surface area contributed by atoms with Crippen molar-refractivity contribution in [3.63, 3.8) is 0 Å². The van der Waals surface area contributed by atoms with Gasteiger partial charge in [-0.05, 0) is 43.7 Å². The van der Waals surface area contributed by atoms with Crippen LogP contribution in [0.25, 0.3) is 0 Å². The van der Waals surface area contributed by atoms with Crippen LogP contribution in [-0.2, 0) is 19.9 Å². The summed E-state index contributed by atoms with van der Waals surface area (Å²) in [6.07, 6.45) is 1.44. The minimum absolute atomic E-state index is 0.00932. The van der Waals surface area contributed by atoms with Crippen molar-refractivity contribution >= 4 is 34.8 Å². The van der Waals surface area contributed by atoms with Gasteiger partial charge in [0.15, 0.2) is 0 Å². The van der Waals surface area contributed by atoms with E-state index in [0.29, 0.717) is 30.0 Å². The summed E-state index contributed by atoms with van der Waals surface area (Å²) in [6, 6.07) is 8.69. The Morgan fingerprint density at radius 1 is 1.09 bits per heavy atom. The number of nitro groups is 1. The maximum atomic E-state index is 14.1. The van der Waals surface area contributed by atoms with Crippen molar-refractivity contribution in [1.82, 2.24) is 4.90 Å². The summed E-state index contributed by atoms with van der Waals surface area (Å²) in [4.78, 5) is 55.5. The van der Waals surface area contributed by atoms with Crippen LogP contribution < -0.4 is 19.7 Å². The van der Waals surface area contributed by atoms with Gasteiger partial charge in [-0.1, -0.05) is 0 Å². The quantitative estimate of drug-likeness (QED) is 0.401. The number of nitrogens with zero attached hydrogens (tertiary/aromatic N) is 3. The highest BCUT2D eigenvalue weighted by molar-refractivity contribution is 6.26. The van der Waals surface area contributed by atoms with Gasteiger partial charge in [0.05, 0.1) is 31.0 Å². The van der Waals surface area contributed by atoms with Gasteiger partial charge in [0, 0.05) is 29.4 Å². The van der Waals surface area contributed by atoms with E-state index in [2.05, 4.69) is 5.32 Å². The Morgan fingerprint density at radius 2 is 1.89 bits per heavy atom. The molecule has 1 spiro atoms. The van der Waals surface area contributed by atoms with E-state index in [0.717, 1.165) is 11.3 Å². The van der Waals surface area contributed by atoms with Gasteiger partial charge in [-0.25, -0.2) is 4.90 Å². The van der Waals surface area contributed by atoms with E-state index in [1.54, 1.807) is 18.2 Å². The minimum Gasteiger partial charge on any atom is -0.497 e. The monoisotopic (exact) mass is 478 g/mol. The Balaban J connectivity index is 1.55. The van der Waals surface area contributed by atoms with Crippen LogP contribution in [0.1, 0.15) is 18.4 Å². The number of carbonyl (C=O) groups excluding carboxylic acids is 3. The topological polar surface area (TPSA) is 131 Å². The lowest BCUT2D eigenvalue weighted by Crippen LogP contribution is -2.54. The second-order valence-corrected chi connectivity index (χ2v) is 9.16. The molecule has 3 fully saturated rings. The first kappa shape index (κ1) is 21.5. The lowest BCUT2D eigenvalue weighted by atomic mass is 9.75. The Hall–Kier alpha value is -3.99. The highest BCUT2D eigenvalue weighted by Gasteiger charge is 2.74. The molecule has 4 aliphatic rings. The number of methoxy groups -OCH3 is 2. The van der Waals surface area contributed by atoms with Gasteiger partial charge in [-0.2, -0.15) is 0 Å². The number of anilines is 2. The number of non-ortho nitro benzene ring substituents is 1. The standard InChI is InChI=1S/C24H22N4O7/c1-34-13-6-7-15-14(11-13)24(23(31)25-15)20-19(16-4-3-9-26(16)24)21(29)27(22(20)30)17-10-12(28(32)33)5-8-18(17)35-2/h5-8,10-11,16,19-20H,3-4,9H2,1-2H3,(H,25,31). The third-order valence-electron chi connectivity index (χ3n) is 7.81. The number of fused-ring (bicyclic) bond motifs is 7. The Labute approximate surface area is 199 Å². The molecule has 0 aliphatic carbocycles. The third kappa shape index (κ3) is 2.55. The number of benzene rings is 2. The largest absolute Gasteiger partial charge is 0.497 e. The zero-order valence-electron chi connectivity index (χ0n) is 19.0. The molecule has 0 aromatic heterocycles. The average molecular weight is 478 g/mol. The van der Waals surface area contributed by atoms with Crippen LogP contribution in [0.2, 0.25) is 0 Å². The number of amides is 3. The van der Waals surface area contributed by atoms with Crippen molar-refractivity contribution in [2.24, 2.45) is 11.8 Å². The van der Waals surface area contributed by atoms with Gasteiger partial charge in [0.25, 0.3) is 5.69 Å². The Morgan fingerprint density at radius 3 is 2.60 bits per heavy atom. The van der Waals surface area contributed by atoms with E-state index in [1.165, 1.54) is 32.4 Å². The van der Waals surface area contributed by atoms with Crippen molar-refractivity contribution < 1.29 is 28.8 Å². The van der Waals surface area contributed by atoms with Gasteiger partial charge >= 0.3 is 0 Å². The molecule has 0 radical (unpaired) electrons. The second-order valence-electron chi connectivity index (χ2n) is 9.16. The van der Waals surface area contributed by atoms with Gasteiger partial charge in [-0.15, -0.1) is 0 Å². The molecule has 0 saturated carbocycles. The predicted octanol–water partition coefficient (Wildman–Crippen LogP) is 2.04. The van der Waals surface area contributed by atoms with Crippen molar-refractivity contribution in [2.45, 2.75) is 24.4 Å². The maximum absolute atomic E-state index is 14.1. The summed E-state index contributed by atoms with van der Waals surface area (Å²) in [5.74, 6) is -2.46. The average Bonchev–Trinajstić information content (AvgIpc) is 3.56. The number of hydrogen-bond donors (Lipinski definition) is 1. The fraction of sp³-hybridized carbons (Fsp3) is 0.375. The molecule has 1 N–H and O–H groups in total. The molecule has 4 aliphatic heterocycles. The number of rotatable bonds is 4. The third-order valence-corrected chi connectivity index (χ3v) is 7.81. The van der Waals surface area contributed by atoms with E-state index in [9.17, 15) is 24.5 Å². The molecule has 180 valence electrons. The normalized spacial score (nSPS) is 28.8. The van der Waals surface area contributed by atoms with Gasteiger partial charge < -0.3 is 14.8 Å². The molecular formula is C24H22N4O7. The first-order chi connectivity index (χ1) is 16.8. The van der Waals surface area contributed by atoms with Crippen LogP contribution >= 0.6 is 0 Å². The summed E-state index contributed by atoms with van der Waals surface area (Å²) < 4.78 is 10.8. The number of hydrogen-bond acceptors (Lipinski definition) is 8. The fourth-order valence-electron chi connectivity index (χ4n) is 6.51. The van der Waals surface area contributed by atoms with Crippen LogP contribution in [0.5, 0.6) is 11.5 Å². The van der Waals surface area contributed by atoms with E-state index in [1.807, 2.05) is 4.90 Å². The van der Waals surface area contributed by atoms with E-state index >= 15 is 0 Å². The van der Waals surface area contributed by atoms with Crippen molar-refractivity contribution in [3.05, 3.63) is 52.1 Å². The molecule has 4 atom stereocenters. The van der Waals surface area contributed by atoms with Gasteiger partial charge in [0.2, 0.25) is 17.7 Å². The predicted molar refractivity (Wildman–Crippen MR) is 122 cm³/mol. The molecule has 3 amide bonds. The van der Waals surface area contributed by atoms with Gasteiger partial charge in [0.1, 0.15) is 22.7 Å². The smallest absolute Gasteiger partial charge is 0.271 e. The molecule has 4 unspecified atom stereocenters. The first-order valence-electron chi connectivity index (χ1n) is 11.3. The minimum atomic E-state index is -1.37. The summed E-state index contributed by atoms with van der Waals surface area (Å²) in [5.41, 5.74) is -0.450. The first-order valence-corrected chi connectivity index (χ1v) is 11.3. The SMILES string of the molecule is COc1ccc2c(c1)C1(C(=O)N2)C2C(=O)N(c3cc([N+](=O)[O-])ccc3OC)C(=O)C2C2CCCN21. The van der Waals surface area contributed by atoms with Crippen molar-refractivity contribution in [2.75, 3.05) is 31.0 Å². The number of ether oxygens (including phenoxy) is 2. The number of nitro benzene ring substituents is 1. The summed E-state index contributed by atoms with van der Waals surface area (Å²) in [6.45, 7) is 0.572. The van der Waals surface area contributed by atoms with Crippen molar-refractivity contribution in [1.29, 1.82) is 0 Å². The molecule has 11 heteroatoms. The van der Waals surface area contributed by atoms with Crippen LogP contribution in [0.4, 0.5) is 17.1 Å². The summed E-state index contributed by atoms with van der Waals surface area (Å²) >= 11 is 0. The second kappa shape index (κ2) is 7.25. The van der Waals surface area contributed by atoms with Gasteiger partial charge in [-0.3, -0.25) is 29.4 Å². The molecular weight excluding hydrogens is 456 g/mol. The molecule has 0 bridgehead atoms. The van der Waals surface area contributed by atoms with Crippen LogP contribution in [0.3, 0.4) is 0 Å². The molecule has 6 rings (SSSR count). The molecule has 3 saturated heterocycles. The number of imide groups is 1. The summed E-state index contributed by atoms with van der Waals surface area (Å²) in [7, 11) is 2.89. The zero-order valence-corrected chi connectivity index (χ0v) is 19.0. The highest BCUT2D eigenvalue weighted by Crippen LogP contribution is 2.61.